The summed E-state index contributed by atoms with van der Waals surface area (Å²) >= 11 is 1.07. The molecule has 0 spiro atoms. The van der Waals surface area contributed by atoms with Crippen LogP contribution in [0.3, 0.4) is 0 Å². The number of carboxylic acid groups (broad SMARTS) is 1. The topological polar surface area (TPSA) is 92.2 Å². The highest BCUT2D eigenvalue weighted by atomic mass is 32.1. The number of hydrogen-bond donors (Lipinski definition) is 2. The molecule has 0 aliphatic heterocycles. The number of aromatic nitrogens is 2. The van der Waals surface area contributed by atoms with Gasteiger partial charge in [-0.3, -0.25) is 9.59 Å². The lowest BCUT2D eigenvalue weighted by molar-refractivity contribution is -0.143. The summed E-state index contributed by atoms with van der Waals surface area (Å²) in [4.78, 5) is 23.0. The van der Waals surface area contributed by atoms with Crippen molar-refractivity contribution in [1.29, 1.82) is 0 Å². The van der Waals surface area contributed by atoms with E-state index in [9.17, 15) is 9.59 Å². The fraction of sp³-hybridized carbons (Fsp3) is 0.636. The van der Waals surface area contributed by atoms with Crippen molar-refractivity contribution in [2.45, 2.75) is 25.7 Å². The first-order valence-corrected chi connectivity index (χ1v) is 6.72. The van der Waals surface area contributed by atoms with E-state index < -0.39 is 5.97 Å². The number of amides is 1. The van der Waals surface area contributed by atoms with Gasteiger partial charge in [0.05, 0.1) is 12.1 Å². The summed E-state index contributed by atoms with van der Waals surface area (Å²) in [5.74, 6) is -0.674. The van der Waals surface area contributed by atoms with Gasteiger partial charge in [-0.25, -0.2) is 0 Å². The molecule has 0 radical (unpaired) electrons. The van der Waals surface area contributed by atoms with Crippen molar-refractivity contribution < 1.29 is 14.7 Å². The van der Waals surface area contributed by atoms with Gasteiger partial charge in [0.2, 0.25) is 0 Å². The lowest BCUT2D eigenvalue weighted by Gasteiger charge is -2.25. The van der Waals surface area contributed by atoms with Crippen molar-refractivity contribution in [2.75, 3.05) is 6.54 Å². The van der Waals surface area contributed by atoms with E-state index >= 15 is 0 Å². The first kappa shape index (κ1) is 12.9. The van der Waals surface area contributed by atoms with E-state index in [0.717, 1.165) is 24.4 Å². The molecule has 1 aliphatic carbocycles. The van der Waals surface area contributed by atoms with Gasteiger partial charge in [-0.2, -0.15) is 0 Å². The van der Waals surface area contributed by atoms with Gasteiger partial charge >= 0.3 is 5.97 Å². The van der Waals surface area contributed by atoms with E-state index in [2.05, 4.69) is 14.9 Å². The lowest BCUT2D eigenvalue weighted by atomic mass is 9.82. The Labute approximate surface area is 109 Å². The van der Waals surface area contributed by atoms with Crippen LogP contribution in [-0.2, 0) is 4.79 Å². The van der Waals surface area contributed by atoms with E-state index in [0.29, 0.717) is 30.2 Å². The molecule has 1 heterocycles. The second-order valence-corrected chi connectivity index (χ2v) is 5.33. The third kappa shape index (κ3) is 3.25. The van der Waals surface area contributed by atoms with Crippen molar-refractivity contribution >= 4 is 23.4 Å². The van der Waals surface area contributed by atoms with Gasteiger partial charge in [0.25, 0.3) is 5.91 Å². The molecular weight excluding hydrogens is 254 g/mol. The summed E-state index contributed by atoms with van der Waals surface area (Å²) in [6.07, 6.45) is 4.58. The predicted octanol–water partition coefficient (Wildman–Crippen LogP) is 1.16. The summed E-state index contributed by atoms with van der Waals surface area (Å²) in [5, 5.41) is 15.3. The predicted molar refractivity (Wildman–Crippen MR) is 65.3 cm³/mol. The normalized spacial score (nSPS) is 23.6. The Bertz CT molecular complexity index is 413. The van der Waals surface area contributed by atoms with Crippen LogP contribution in [0.25, 0.3) is 0 Å². The smallest absolute Gasteiger partial charge is 0.306 e. The van der Waals surface area contributed by atoms with Crippen LogP contribution < -0.4 is 5.32 Å². The van der Waals surface area contributed by atoms with Crippen molar-refractivity contribution in [2.24, 2.45) is 11.8 Å². The second kappa shape index (κ2) is 5.90. The van der Waals surface area contributed by atoms with Gasteiger partial charge in [0.1, 0.15) is 4.88 Å². The van der Waals surface area contributed by atoms with Crippen molar-refractivity contribution in [1.82, 2.24) is 14.9 Å². The third-order valence-corrected chi connectivity index (χ3v) is 4.00. The third-order valence-electron chi connectivity index (χ3n) is 3.33. The highest BCUT2D eigenvalue weighted by Gasteiger charge is 2.26. The molecule has 1 amide bonds. The van der Waals surface area contributed by atoms with E-state index in [1.807, 2.05) is 0 Å². The molecule has 0 unspecified atom stereocenters. The summed E-state index contributed by atoms with van der Waals surface area (Å²) in [5.41, 5.74) is 0. The summed E-state index contributed by atoms with van der Waals surface area (Å²) in [6, 6.07) is 0. The molecule has 18 heavy (non-hydrogen) atoms. The van der Waals surface area contributed by atoms with Crippen molar-refractivity contribution in [3.63, 3.8) is 0 Å². The Balaban J connectivity index is 1.72. The molecule has 0 aromatic carbocycles. The Morgan fingerprint density at radius 1 is 1.39 bits per heavy atom. The minimum atomic E-state index is -0.701. The number of nitrogens with zero attached hydrogens (tertiary/aromatic N) is 2. The SMILES string of the molecule is O=C(NCC1CCC(C(=O)O)CC1)c1cnns1. The van der Waals surface area contributed by atoms with Gasteiger partial charge < -0.3 is 10.4 Å². The maximum absolute atomic E-state index is 11.6. The Kier molecular flexibility index (Phi) is 4.24. The first-order chi connectivity index (χ1) is 8.66. The zero-order valence-electron chi connectivity index (χ0n) is 9.83. The van der Waals surface area contributed by atoms with Crippen LogP contribution in [0.2, 0.25) is 0 Å². The summed E-state index contributed by atoms with van der Waals surface area (Å²) in [7, 11) is 0. The molecule has 6 nitrogen and oxygen atoms in total. The maximum Gasteiger partial charge on any atom is 0.306 e. The van der Waals surface area contributed by atoms with Crippen LogP contribution in [0.4, 0.5) is 0 Å². The van der Waals surface area contributed by atoms with Gasteiger partial charge in [0, 0.05) is 6.54 Å². The molecule has 0 bridgehead atoms. The molecule has 0 atom stereocenters. The van der Waals surface area contributed by atoms with Gasteiger partial charge in [0.15, 0.2) is 0 Å². The number of carbonyl (C=O) groups is 2. The fourth-order valence-electron chi connectivity index (χ4n) is 2.20. The Hall–Kier alpha value is -1.50. The van der Waals surface area contributed by atoms with Crippen LogP contribution in [-0.4, -0.2) is 33.1 Å². The molecule has 0 saturated heterocycles. The Morgan fingerprint density at radius 2 is 2.11 bits per heavy atom. The number of carbonyl (C=O) groups excluding carboxylic acids is 1. The van der Waals surface area contributed by atoms with Crippen LogP contribution >= 0.6 is 11.5 Å². The average Bonchev–Trinajstić information content (AvgIpc) is 2.90. The number of carboxylic acids is 1. The van der Waals surface area contributed by atoms with E-state index in [-0.39, 0.29) is 11.8 Å². The second-order valence-electron chi connectivity index (χ2n) is 4.55. The quantitative estimate of drug-likeness (QED) is 0.855. The molecule has 1 fully saturated rings. The molecule has 1 aromatic rings. The zero-order valence-corrected chi connectivity index (χ0v) is 10.7. The lowest BCUT2D eigenvalue weighted by Crippen LogP contribution is -2.32. The number of aliphatic carboxylic acids is 1. The van der Waals surface area contributed by atoms with E-state index in [1.54, 1.807) is 0 Å². The van der Waals surface area contributed by atoms with E-state index in [4.69, 9.17) is 5.11 Å². The molecule has 98 valence electrons. The minimum Gasteiger partial charge on any atom is -0.481 e. The summed E-state index contributed by atoms with van der Waals surface area (Å²) < 4.78 is 3.63. The molecule has 1 aliphatic rings. The minimum absolute atomic E-state index is 0.148. The Morgan fingerprint density at radius 3 is 2.67 bits per heavy atom. The monoisotopic (exact) mass is 269 g/mol. The standard InChI is InChI=1S/C11H15N3O3S/c15-10(9-6-13-14-18-9)12-5-7-1-3-8(4-2-7)11(16)17/h6-8H,1-5H2,(H,12,15)(H,16,17). The zero-order chi connectivity index (χ0) is 13.0. The highest BCUT2D eigenvalue weighted by Crippen LogP contribution is 2.28. The van der Waals surface area contributed by atoms with Crippen LogP contribution in [0.1, 0.15) is 35.4 Å². The van der Waals surface area contributed by atoms with Gasteiger partial charge in [-0.15, -0.1) is 5.10 Å². The number of hydrogen-bond acceptors (Lipinski definition) is 5. The maximum atomic E-state index is 11.6. The molecule has 2 N–H and O–H groups in total. The summed E-state index contributed by atoms with van der Waals surface area (Å²) in [6.45, 7) is 0.600. The molecule has 1 saturated carbocycles. The number of rotatable bonds is 4. The van der Waals surface area contributed by atoms with Crippen LogP contribution in [0, 0.1) is 11.8 Å². The van der Waals surface area contributed by atoms with Crippen molar-refractivity contribution in [3.8, 4) is 0 Å². The largest absolute Gasteiger partial charge is 0.481 e. The van der Waals surface area contributed by atoms with Crippen LogP contribution in [0.15, 0.2) is 6.20 Å². The van der Waals surface area contributed by atoms with Gasteiger partial charge in [-0.1, -0.05) is 4.49 Å². The number of nitrogens with one attached hydrogen (secondary N) is 1. The molecule has 1 aromatic heterocycles. The fourth-order valence-corrected chi connectivity index (χ4v) is 2.64. The highest BCUT2D eigenvalue weighted by molar-refractivity contribution is 7.07. The van der Waals surface area contributed by atoms with E-state index in [1.165, 1.54) is 6.20 Å². The average molecular weight is 269 g/mol. The molecule has 2 rings (SSSR count). The van der Waals surface area contributed by atoms with Crippen LogP contribution in [0.5, 0.6) is 0 Å². The first-order valence-electron chi connectivity index (χ1n) is 5.95. The van der Waals surface area contributed by atoms with Crippen molar-refractivity contribution in [3.05, 3.63) is 11.1 Å². The molecule has 7 heteroatoms. The molecular formula is C11H15N3O3S. The van der Waals surface area contributed by atoms with Gasteiger partial charge in [-0.05, 0) is 43.1 Å².